The van der Waals surface area contributed by atoms with Gasteiger partial charge in [0.25, 0.3) is 5.91 Å². The van der Waals surface area contributed by atoms with Gasteiger partial charge in [0.15, 0.2) is 0 Å². The van der Waals surface area contributed by atoms with E-state index in [1.807, 2.05) is 0 Å². The molecule has 2 atom stereocenters. The number of halogens is 1. The Morgan fingerprint density at radius 1 is 1.33 bits per heavy atom. The molecule has 0 spiro atoms. The predicted octanol–water partition coefficient (Wildman–Crippen LogP) is 2.29. The molecule has 110 valence electrons. The Morgan fingerprint density at radius 2 is 2.14 bits per heavy atom. The molecule has 0 saturated heterocycles. The van der Waals surface area contributed by atoms with Crippen molar-refractivity contribution in [2.24, 2.45) is 5.92 Å². The maximum Gasteiger partial charge on any atom is 0.308 e. The molecule has 3 rings (SSSR count). The van der Waals surface area contributed by atoms with Crippen molar-refractivity contribution in [1.82, 2.24) is 10.3 Å². The highest BCUT2D eigenvalue weighted by molar-refractivity contribution is 5.98. The number of fused-ring (bicyclic) bond motifs is 1. The zero-order valence-corrected chi connectivity index (χ0v) is 11.2. The minimum atomic E-state index is -0.888. The van der Waals surface area contributed by atoms with Gasteiger partial charge >= 0.3 is 5.97 Å². The normalized spacial score (nSPS) is 21.6. The van der Waals surface area contributed by atoms with Crippen LogP contribution in [-0.2, 0) is 4.79 Å². The second-order valence-electron chi connectivity index (χ2n) is 5.34. The fourth-order valence-electron chi connectivity index (χ4n) is 2.92. The van der Waals surface area contributed by atoms with Crippen molar-refractivity contribution in [1.29, 1.82) is 0 Å². The van der Waals surface area contributed by atoms with Crippen LogP contribution in [0, 0.1) is 11.7 Å². The summed E-state index contributed by atoms with van der Waals surface area (Å²) in [5.74, 6) is -2.23. The van der Waals surface area contributed by atoms with Gasteiger partial charge in [-0.15, -0.1) is 0 Å². The monoisotopic (exact) mass is 290 g/mol. The van der Waals surface area contributed by atoms with Gasteiger partial charge in [0, 0.05) is 16.9 Å². The van der Waals surface area contributed by atoms with Crippen molar-refractivity contribution in [2.75, 3.05) is 0 Å². The van der Waals surface area contributed by atoms with Gasteiger partial charge in [-0.1, -0.05) is 12.5 Å². The molecule has 1 fully saturated rings. The number of nitrogens with one attached hydrogen (secondary N) is 2. The maximum absolute atomic E-state index is 13.6. The lowest BCUT2D eigenvalue weighted by Gasteiger charge is -2.16. The number of hydrogen-bond donors (Lipinski definition) is 3. The van der Waals surface area contributed by atoms with Crippen molar-refractivity contribution in [3.8, 4) is 0 Å². The van der Waals surface area contributed by atoms with Crippen LogP contribution in [0.5, 0.6) is 0 Å². The number of carboxylic acid groups (broad SMARTS) is 1. The summed E-state index contributed by atoms with van der Waals surface area (Å²) in [6.07, 6.45) is 2.00. The lowest BCUT2D eigenvalue weighted by molar-refractivity contribution is -0.142. The molecule has 0 aliphatic heterocycles. The van der Waals surface area contributed by atoms with Gasteiger partial charge in [0.05, 0.1) is 5.92 Å². The van der Waals surface area contributed by atoms with E-state index in [2.05, 4.69) is 10.3 Å². The Balaban J connectivity index is 1.81. The van der Waals surface area contributed by atoms with Gasteiger partial charge < -0.3 is 15.4 Å². The molecule has 3 N–H and O–H groups in total. The maximum atomic E-state index is 13.6. The third-order valence-electron chi connectivity index (χ3n) is 4.01. The third kappa shape index (κ3) is 2.49. The number of H-pyrrole nitrogens is 1. The zero-order chi connectivity index (χ0) is 15.0. The SMILES string of the molecule is O=C(N[C@H]1CCC[C@H]1C(=O)O)c1cc2c(F)cccc2[nH]1. The van der Waals surface area contributed by atoms with Crippen LogP contribution < -0.4 is 5.32 Å². The number of aromatic amines is 1. The van der Waals surface area contributed by atoms with Crippen LogP contribution in [-0.4, -0.2) is 28.0 Å². The van der Waals surface area contributed by atoms with Crippen molar-refractivity contribution in [3.05, 3.63) is 35.8 Å². The Kier molecular flexibility index (Phi) is 3.37. The second-order valence-corrected chi connectivity index (χ2v) is 5.34. The molecule has 1 aromatic carbocycles. The molecule has 1 aliphatic rings. The number of benzene rings is 1. The minimum absolute atomic E-state index is 0.242. The molecule has 0 bridgehead atoms. The molecule has 1 aromatic heterocycles. The average Bonchev–Trinajstić information content (AvgIpc) is 3.05. The van der Waals surface area contributed by atoms with Crippen LogP contribution in [0.3, 0.4) is 0 Å². The molecule has 6 heteroatoms. The van der Waals surface area contributed by atoms with Gasteiger partial charge in [-0.25, -0.2) is 4.39 Å². The third-order valence-corrected chi connectivity index (χ3v) is 4.01. The number of carbonyl (C=O) groups is 2. The van der Waals surface area contributed by atoms with Crippen molar-refractivity contribution >= 4 is 22.8 Å². The second kappa shape index (κ2) is 5.20. The topological polar surface area (TPSA) is 82.2 Å². The molecule has 21 heavy (non-hydrogen) atoms. The highest BCUT2D eigenvalue weighted by Gasteiger charge is 2.34. The van der Waals surface area contributed by atoms with Crippen LogP contribution in [0.2, 0.25) is 0 Å². The van der Waals surface area contributed by atoms with Crippen LogP contribution in [0.15, 0.2) is 24.3 Å². The lowest BCUT2D eigenvalue weighted by atomic mass is 10.0. The van der Waals surface area contributed by atoms with Gasteiger partial charge in [0.2, 0.25) is 0 Å². The molecule has 1 heterocycles. The molecular formula is C15H15FN2O3. The Labute approximate surface area is 120 Å². The number of rotatable bonds is 3. The molecular weight excluding hydrogens is 275 g/mol. The molecule has 1 amide bonds. The van der Waals surface area contributed by atoms with E-state index >= 15 is 0 Å². The highest BCUT2D eigenvalue weighted by Crippen LogP contribution is 2.26. The summed E-state index contributed by atoms with van der Waals surface area (Å²) >= 11 is 0. The molecule has 1 saturated carbocycles. The smallest absolute Gasteiger partial charge is 0.308 e. The minimum Gasteiger partial charge on any atom is -0.481 e. The average molecular weight is 290 g/mol. The number of amides is 1. The summed E-state index contributed by atoms with van der Waals surface area (Å²) in [5.41, 5.74) is 0.785. The number of carboxylic acids is 1. The molecule has 1 aliphatic carbocycles. The van der Waals surface area contributed by atoms with E-state index in [0.29, 0.717) is 23.7 Å². The van der Waals surface area contributed by atoms with E-state index in [9.17, 15) is 14.0 Å². The summed E-state index contributed by atoms with van der Waals surface area (Å²) < 4.78 is 13.6. The first-order valence-corrected chi connectivity index (χ1v) is 6.87. The molecule has 0 radical (unpaired) electrons. The number of aliphatic carboxylic acids is 1. The van der Waals surface area contributed by atoms with Gasteiger partial charge in [-0.2, -0.15) is 0 Å². The van der Waals surface area contributed by atoms with E-state index in [-0.39, 0.29) is 11.7 Å². The van der Waals surface area contributed by atoms with Crippen LogP contribution in [0.4, 0.5) is 4.39 Å². The summed E-state index contributed by atoms with van der Waals surface area (Å²) in [4.78, 5) is 26.2. The van der Waals surface area contributed by atoms with E-state index in [0.717, 1.165) is 6.42 Å². The van der Waals surface area contributed by atoms with Crippen LogP contribution >= 0.6 is 0 Å². The van der Waals surface area contributed by atoms with Gasteiger partial charge in [0.1, 0.15) is 11.5 Å². The first-order valence-electron chi connectivity index (χ1n) is 6.87. The van der Waals surface area contributed by atoms with Crippen LogP contribution in [0.25, 0.3) is 10.9 Å². The first-order chi connectivity index (χ1) is 10.1. The largest absolute Gasteiger partial charge is 0.481 e. The fourth-order valence-corrected chi connectivity index (χ4v) is 2.92. The number of hydrogen-bond acceptors (Lipinski definition) is 2. The number of carbonyl (C=O) groups excluding carboxylic acids is 1. The van der Waals surface area contributed by atoms with Gasteiger partial charge in [-0.05, 0) is 31.0 Å². The molecule has 5 nitrogen and oxygen atoms in total. The predicted molar refractivity (Wildman–Crippen MR) is 74.5 cm³/mol. The quantitative estimate of drug-likeness (QED) is 0.811. The fraction of sp³-hybridized carbons (Fsp3) is 0.333. The van der Waals surface area contributed by atoms with Crippen molar-refractivity contribution in [3.63, 3.8) is 0 Å². The standard InChI is InChI=1S/C15H15FN2O3/c16-10-4-2-6-12-9(10)7-13(17-12)14(19)18-11-5-1-3-8(11)15(20)21/h2,4,6-8,11,17H,1,3,5H2,(H,18,19)(H,20,21)/t8-,11+/m1/s1. The Morgan fingerprint density at radius 3 is 2.86 bits per heavy atom. The van der Waals surface area contributed by atoms with Crippen molar-refractivity contribution < 1.29 is 19.1 Å². The Hall–Kier alpha value is -2.37. The van der Waals surface area contributed by atoms with E-state index < -0.39 is 23.6 Å². The van der Waals surface area contributed by atoms with E-state index in [4.69, 9.17) is 5.11 Å². The summed E-state index contributed by atoms with van der Waals surface area (Å²) in [7, 11) is 0. The molecule has 0 unspecified atom stereocenters. The van der Waals surface area contributed by atoms with Crippen LogP contribution in [0.1, 0.15) is 29.8 Å². The highest BCUT2D eigenvalue weighted by atomic mass is 19.1. The summed E-state index contributed by atoms with van der Waals surface area (Å²) in [5, 5.41) is 12.2. The summed E-state index contributed by atoms with van der Waals surface area (Å²) in [6, 6.07) is 5.66. The first kappa shape index (κ1) is 13.6. The van der Waals surface area contributed by atoms with E-state index in [1.54, 1.807) is 12.1 Å². The molecule has 2 aromatic rings. The van der Waals surface area contributed by atoms with Crippen molar-refractivity contribution in [2.45, 2.75) is 25.3 Å². The van der Waals surface area contributed by atoms with E-state index in [1.165, 1.54) is 12.1 Å². The Bertz CT molecular complexity index is 710. The number of aromatic nitrogens is 1. The summed E-state index contributed by atoms with van der Waals surface area (Å²) in [6.45, 7) is 0. The van der Waals surface area contributed by atoms with Gasteiger partial charge in [-0.3, -0.25) is 9.59 Å². The lowest BCUT2D eigenvalue weighted by Crippen LogP contribution is -2.40. The zero-order valence-electron chi connectivity index (χ0n) is 11.2.